The summed E-state index contributed by atoms with van der Waals surface area (Å²) >= 11 is 0. The minimum absolute atomic E-state index is 0.0788. The lowest BCUT2D eigenvalue weighted by atomic mass is 9.98. The van der Waals surface area contributed by atoms with Gasteiger partial charge in [0.1, 0.15) is 0 Å². The van der Waals surface area contributed by atoms with Crippen LogP contribution in [0.3, 0.4) is 0 Å². The van der Waals surface area contributed by atoms with E-state index in [1.165, 1.54) is 24.1 Å². The molecule has 0 aromatic carbocycles. The maximum atomic E-state index is 12.6. The third kappa shape index (κ3) is 5.56. The Balaban J connectivity index is 1.40. The molecule has 0 saturated carbocycles. The molecule has 1 aromatic rings. The molecule has 0 radical (unpaired) electrons. The lowest BCUT2D eigenvalue weighted by Crippen LogP contribution is -2.53. The highest BCUT2D eigenvalue weighted by atomic mass is 16.5. The predicted octanol–water partition coefficient (Wildman–Crippen LogP) is 1.58. The molecule has 2 fully saturated rings. The van der Waals surface area contributed by atoms with Crippen molar-refractivity contribution in [2.45, 2.75) is 19.8 Å². The molecule has 3 rings (SSSR count). The van der Waals surface area contributed by atoms with Crippen molar-refractivity contribution in [3.05, 3.63) is 24.0 Å². The number of piperidine rings is 1. The van der Waals surface area contributed by atoms with Gasteiger partial charge in [0.15, 0.2) is 0 Å². The summed E-state index contributed by atoms with van der Waals surface area (Å²) < 4.78 is 5.18. The van der Waals surface area contributed by atoms with Gasteiger partial charge in [-0.2, -0.15) is 0 Å². The standard InChI is InChI=1S/C20H33N5O2/c1-17-14-21-6-5-19(17)24-8-10-25(11-9-24)20(26)22-15-18-4-3-7-23(16-18)12-13-27-2/h5-6,14,18H,3-4,7-13,15-16H2,1-2H3,(H,22,26)/t18-/m0/s1. The Morgan fingerprint density at radius 1 is 1.30 bits per heavy atom. The molecule has 0 aliphatic carbocycles. The molecule has 3 heterocycles. The van der Waals surface area contributed by atoms with E-state index in [-0.39, 0.29) is 6.03 Å². The van der Waals surface area contributed by atoms with Crippen LogP contribution >= 0.6 is 0 Å². The number of nitrogens with one attached hydrogen (secondary N) is 1. The number of carbonyl (C=O) groups is 1. The first-order chi connectivity index (χ1) is 13.2. The second kappa shape index (κ2) is 9.90. The summed E-state index contributed by atoms with van der Waals surface area (Å²) in [4.78, 5) is 23.4. The normalized spacial score (nSPS) is 21.3. The molecule has 1 atom stereocenters. The number of hydrogen-bond acceptors (Lipinski definition) is 5. The summed E-state index contributed by atoms with van der Waals surface area (Å²) in [7, 11) is 1.75. The van der Waals surface area contributed by atoms with E-state index in [9.17, 15) is 4.79 Å². The highest BCUT2D eigenvalue weighted by molar-refractivity contribution is 5.74. The third-order valence-corrected chi connectivity index (χ3v) is 5.65. The fourth-order valence-corrected chi connectivity index (χ4v) is 4.06. The van der Waals surface area contributed by atoms with Crippen LogP contribution in [0.4, 0.5) is 10.5 Å². The number of hydrogen-bond donors (Lipinski definition) is 1. The number of aryl methyl sites for hydroxylation is 1. The Kier molecular flexibility index (Phi) is 7.29. The van der Waals surface area contributed by atoms with Crippen LogP contribution in [0.5, 0.6) is 0 Å². The zero-order valence-electron chi connectivity index (χ0n) is 16.7. The number of aromatic nitrogens is 1. The van der Waals surface area contributed by atoms with Gasteiger partial charge in [-0.05, 0) is 43.9 Å². The minimum Gasteiger partial charge on any atom is -0.383 e. The fourth-order valence-electron chi connectivity index (χ4n) is 4.06. The molecule has 27 heavy (non-hydrogen) atoms. The van der Waals surface area contributed by atoms with E-state index in [1.807, 2.05) is 17.3 Å². The predicted molar refractivity (Wildman–Crippen MR) is 107 cm³/mol. The maximum Gasteiger partial charge on any atom is 0.317 e. The van der Waals surface area contributed by atoms with Crippen molar-refractivity contribution in [1.29, 1.82) is 0 Å². The van der Waals surface area contributed by atoms with Crippen LogP contribution in [0.2, 0.25) is 0 Å². The maximum absolute atomic E-state index is 12.6. The van der Waals surface area contributed by atoms with Crippen molar-refractivity contribution in [3.63, 3.8) is 0 Å². The molecule has 0 spiro atoms. The Labute approximate surface area is 162 Å². The molecule has 2 aliphatic heterocycles. The molecule has 150 valence electrons. The van der Waals surface area contributed by atoms with Crippen molar-refractivity contribution in [2.75, 3.05) is 71.0 Å². The van der Waals surface area contributed by atoms with E-state index in [1.54, 1.807) is 7.11 Å². The van der Waals surface area contributed by atoms with Crippen LogP contribution in [-0.2, 0) is 4.74 Å². The number of methoxy groups -OCH3 is 1. The summed E-state index contributed by atoms with van der Waals surface area (Å²) in [5.41, 5.74) is 2.41. The van der Waals surface area contributed by atoms with Gasteiger partial charge >= 0.3 is 6.03 Å². The van der Waals surface area contributed by atoms with Gasteiger partial charge in [0.2, 0.25) is 0 Å². The number of ether oxygens (including phenoxy) is 1. The second-order valence-electron chi connectivity index (χ2n) is 7.62. The molecular formula is C20H33N5O2. The average molecular weight is 376 g/mol. The molecule has 0 unspecified atom stereocenters. The van der Waals surface area contributed by atoms with E-state index in [2.05, 4.69) is 33.1 Å². The number of nitrogens with zero attached hydrogens (tertiary/aromatic N) is 4. The van der Waals surface area contributed by atoms with E-state index < -0.39 is 0 Å². The van der Waals surface area contributed by atoms with Gasteiger partial charge in [-0.1, -0.05) is 0 Å². The third-order valence-electron chi connectivity index (χ3n) is 5.65. The number of pyridine rings is 1. The van der Waals surface area contributed by atoms with Crippen molar-refractivity contribution in [1.82, 2.24) is 20.1 Å². The van der Waals surface area contributed by atoms with Crippen LogP contribution in [0.25, 0.3) is 0 Å². The largest absolute Gasteiger partial charge is 0.383 e. The number of piperazine rings is 1. The van der Waals surface area contributed by atoms with E-state index >= 15 is 0 Å². The number of anilines is 1. The second-order valence-corrected chi connectivity index (χ2v) is 7.62. The Bertz CT molecular complexity index is 604. The zero-order chi connectivity index (χ0) is 19.1. The van der Waals surface area contributed by atoms with Crippen LogP contribution in [0, 0.1) is 12.8 Å². The van der Waals surface area contributed by atoms with Gasteiger partial charge in [-0.3, -0.25) is 4.98 Å². The lowest BCUT2D eigenvalue weighted by Gasteiger charge is -2.37. The molecule has 1 N–H and O–H groups in total. The van der Waals surface area contributed by atoms with E-state index in [0.717, 1.165) is 59.0 Å². The molecule has 7 nitrogen and oxygen atoms in total. The van der Waals surface area contributed by atoms with Crippen LogP contribution in [0.1, 0.15) is 18.4 Å². The van der Waals surface area contributed by atoms with E-state index in [4.69, 9.17) is 4.74 Å². The highest BCUT2D eigenvalue weighted by Gasteiger charge is 2.24. The Hall–Kier alpha value is -1.86. The molecule has 2 amide bonds. The summed E-state index contributed by atoms with van der Waals surface area (Å²) in [5, 5.41) is 3.17. The molecule has 2 saturated heterocycles. The average Bonchev–Trinajstić information content (AvgIpc) is 2.71. The van der Waals surface area contributed by atoms with Gasteiger partial charge in [0.25, 0.3) is 0 Å². The number of rotatable bonds is 6. The molecule has 0 bridgehead atoms. The number of amides is 2. The molecular weight excluding hydrogens is 342 g/mol. The Morgan fingerprint density at radius 3 is 2.85 bits per heavy atom. The Morgan fingerprint density at radius 2 is 2.11 bits per heavy atom. The monoisotopic (exact) mass is 375 g/mol. The molecule has 7 heteroatoms. The highest BCUT2D eigenvalue weighted by Crippen LogP contribution is 2.20. The molecule has 2 aliphatic rings. The zero-order valence-corrected chi connectivity index (χ0v) is 16.7. The quantitative estimate of drug-likeness (QED) is 0.818. The van der Waals surface area contributed by atoms with Gasteiger partial charge in [0, 0.05) is 71.0 Å². The van der Waals surface area contributed by atoms with E-state index in [0.29, 0.717) is 5.92 Å². The van der Waals surface area contributed by atoms with Gasteiger partial charge in [-0.15, -0.1) is 0 Å². The van der Waals surface area contributed by atoms with Gasteiger partial charge in [0.05, 0.1) is 6.61 Å². The summed E-state index contributed by atoms with van der Waals surface area (Å²) in [6.45, 7) is 10.1. The number of urea groups is 1. The minimum atomic E-state index is 0.0788. The summed E-state index contributed by atoms with van der Waals surface area (Å²) in [5.74, 6) is 0.542. The fraction of sp³-hybridized carbons (Fsp3) is 0.700. The smallest absolute Gasteiger partial charge is 0.317 e. The van der Waals surface area contributed by atoms with Crippen LogP contribution < -0.4 is 10.2 Å². The molecule has 1 aromatic heterocycles. The number of likely N-dealkylation sites (tertiary alicyclic amines) is 1. The number of carbonyl (C=O) groups excluding carboxylic acids is 1. The SMILES string of the molecule is COCCN1CCC[C@@H](CNC(=O)N2CCN(c3ccncc3C)CC2)C1. The van der Waals surface area contributed by atoms with Crippen LogP contribution in [-0.4, -0.2) is 86.9 Å². The van der Waals surface area contributed by atoms with Crippen molar-refractivity contribution < 1.29 is 9.53 Å². The van der Waals surface area contributed by atoms with Gasteiger partial charge in [-0.25, -0.2) is 4.79 Å². The first kappa shape index (κ1) is 19.9. The topological polar surface area (TPSA) is 60.9 Å². The van der Waals surface area contributed by atoms with Crippen molar-refractivity contribution >= 4 is 11.7 Å². The first-order valence-corrected chi connectivity index (χ1v) is 10.1. The van der Waals surface area contributed by atoms with Crippen molar-refractivity contribution in [2.24, 2.45) is 5.92 Å². The first-order valence-electron chi connectivity index (χ1n) is 10.1. The van der Waals surface area contributed by atoms with Gasteiger partial charge < -0.3 is 24.8 Å². The van der Waals surface area contributed by atoms with Crippen molar-refractivity contribution in [3.8, 4) is 0 Å². The summed E-state index contributed by atoms with van der Waals surface area (Å²) in [6, 6.07) is 2.14. The van der Waals surface area contributed by atoms with Crippen LogP contribution in [0.15, 0.2) is 18.5 Å². The lowest BCUT2D eigenvalue weighted by molar-refractivity contribution is 0.113. The summed E-state index contributed by atoms with van der Waals surface area (Å²) in [6.07, 6.45) is 6.13.